The maximum atomic E-state index is 6.09. The molecule has 0 bridgehead atoms. The van der Waals surface area contributed by atoms with E-state index in [4.69, 9.17) is 15.2 Å². The minimum absolute atomic E-state index is 0.0298. The van der Waals surface area contributed by atoms with Crippen LogP contribution in [0.5, 0.6) is 0 Å². The third-order valence-electron chi connectivity index (χ3n) is 4.35. The van der Waals surface area contributed by atoms with Crippen molar-refractivity contribution < 1.29 is 4.42 Å². The van der Waals surface area contributed by atoms with Crippen LogP contribution >= 0.6 is 0 Å². The van der Waals surface area contributed by atoms with Gasteiger partial charge in [-0.3, -0.25) is 4.68 Å². The van der Waals surface area contributed by atoms with E-state index in [2.05, 4.69) is 6.07 Å². The Morgan fingerprint density at radius 2 is 2.11 bits per heavy atom. The number of aromatic nitrogens is 2. The van der Waals surface area contributed by atoms with Gasteiger partial charge >= 0.3 is 0 Å². The molecule has 1 saturated carbocycles. The second kappa shape index (κ2) is 4.12. The Morgan fingerprint density at radius 3 is 2.78 bits per heavy atom. The third kappa shape index (κ3) is 1.59. The van der Waals surface area contributed by atoms with Crippen molar-refractivity contribution in [2.45, 2.75) is 44.4 Å². The molecule has 4 heteroatoms. The highest BCUT2D eigenvalue weighted by Gasteiger charge is 2.38. The SMILES string of the molecule is Cc1cc2c(o1)c(C1(CN)CCCCC1)nn2C. The van der Waals surface area contributed by atoms with Crippen LogP contribution in [0.1, 0.15) is 43.6 Å². The summed E-state index contributed by atoms with van der Waals surface area (Å²) in [6, 6.07) is 2.05. The molecule has 2 N–H and O–H groups in total. The lowest BCUT2D eigenvalue weighted by Crippen LogP contribution is -2.37. The van der Waals surface area contributed by atoms with Crippen molar-refractivity contribution in [3.63, 3.8) is 0 Å². The van der Waals surface area contributed by atoms with Crippen LogP contribution < -0.4 is 5.73 Å². The van der Waals surface area contributed by atoms with Gasteiger partial charge in [-0.15, -0.1) is 0 Å². The molecule has 3 rings (SSSR count). The standard InChI is InChI=1S/C14H21N3O/c1-10-8-11-12(18-10)13(16-17(11)2)14(9-15)6-4-3-5-7-14/h8H,3-7,9,15H2,1-2H3. The Kier molecular flexibility index (Phi) is 2.70. The summed E-state index contributed by atoms with van der Waals surface area (Å²) in [5, 5.41) is 4.70. The van der Waals surface area contributed by atoms with Crippen LogP contribution in [0.4, 0.5) is 0 Å². The Hall–Kier alpha value is -1.29. The molecule has 0 unspecified atom stereocenters. The van der Waals surface area contributed by atoms with Gasteiger partial charge in [-0.2, -0.15) is 5.10 Å². The van der Waals surface area contributed by atoms with Gasteiger partial charge in [-0.25, -0.2) is 0 Å². The van der Waals surface area contributed by atoms with E-state index < -0.39 is 0 Å². The van der Waals surface area contributed by atoms with Crippen LogP contribution in [-0.2, 0) is 12.5 Å². The normalized spacial score (nSPS) is 19.5. The van der Waals surface area contributed by atoms with Crippen molar-refractivity contribution in [3.05, 3.63) is 17.5 Å². The fourth-order valence-corrected chi connectivity index (χ4v) is 3.27. The number of rotatable bonds is 2. The molecule has 0 aliphatic heterocycles. The zero-order valence-corrected chi connectivity index (χ0v) is 11.2. The number of fused-ring (bicyclic) bond motifs is 1. The predicted molar refractivity (Wildman–Crippen MR) is 71.5 cm³/mol. The van der Waals surface area contributed by atoms with Crippen molar-refractivity contribution in [3.8, 4) is 0 Å². The number of nitrogens with two attached hydrogens (primary N) is 1. The Bertz CT molecular complexity index is 561. The summed E-state index contributed by atoms with van der Waals surface area (Å²) in [5.74, 6) is 0.947. The summed E-state index contributed by atoms with van der Waals surface area (Å²) in [5.41, 5.74) is 9.23. The van der Waals surface area contributed by atoms with Crippen molar-refractivity contribution in [2.75, 3.05) is 6.54 Å². The highest BCUT2D eigenvalue weighted by molar-refractivity contribution is 5.78. The first kappa shape index (κ1) is 11.8. The van der Waals surface area contributed by atoms with Gasteiger partial charge in [0.2, 0.25) is 0 Å². The molecule has 2 aromatic rings. The van der Waals surface area contributed by atoms with E-state index in [0.717, 1.165) is 35.4 Å². The molecule has 0 amide bonds. The average Bonchev–Trinajstić information content (AvgIpc) is 2.90. The number of furan rings is 1. The summed E-state index contributed by atoms with van der Waals surface area (Å²) >= 11 is 0. The molecule has 0 radical (unpaired) electrons. The number of hydrogen-bond acceptors (Lipinski definition) is 3. The molecular formula is C14H21N3O. The number of nitrogens with zero attached hydrogens (tertiary/aromatic N) is 2. The van der Waals surface area contributed by atoms with Crippen molar-refractivity contribution in [2.24, 2.45) is 12.8 Å². The molecule has 0 atom stereocenters. The van der Waals surface area contributed by atoms with Gasteiger partial charge in [0, 0.05) is 25.1 Å². The maximum absolute atomic E-state index is 6.09. The third-order valence-corrected chi connectivity index (χ3v) is 4.35. The Morgan fingerprint density at radius 1 is 1.39 bits per heavy atom. The fraction of sp³-hybridized carbons (Fsp3) is 0.643. The first-order chi connectivity index (χ1) is 8.66. The number of aryl methyl sites for hydroxylation is 2. The molecule has 1 aliphatic carbocycles. The van der Waals surface area contributed by atoms with E-state index in [0.29, 0.717) is 6.54 Å². The highest BCUT2D eigenvalue weighted by Crippen LogP contribution is 2.41. The molecule has 1 fully saturated rings. The number of hydrogen-bond donors (Lipinski definition) is 1. The van der Waals surface area contributed by atoms with Gasteiger partial charge in [0.15, 0.2) is 5.58 Å². The average molecular weight is 247 g/mol. The lowest BCUT2D eigenvalue weighted by atomic mass is 9.71. The molecule has 98 valence electrons. The van der Waals surface area contributed by atoms with Crippen LogP contribution in [0.2, 0.25) is 0 Å². The molecule has 1 aliphatic rings. The van der Waals surface area contributed by atoms with Crippen LogP contribution in [0.3, 0.4) is 0 Å². The summed E-state index contributed by atoms with van der Waals surface area (Å²) in [4.78, 5) is 0. The van der Waals surface area contributed by atoms with Gasteiger partial charge in [-0.05, 0) is 19.8 Å². The topological polar surface area (TPSA) is 57.0 Å². The molecular weight excluding hydrogens is 226 g/mol. The summed E-state index contributed by atoms with van der Waals surface area (Å²) in [7, 11) is 1.98. The Labute approximate surface area is 107 Å². The minimum atomic E-state index is 0.0298. The maximum Gasteiger partial charge on any atom is 0.176 e. The molecule has 18 heavy (non-hydrogen) atoms. The molecule has 2 aromatic heterocycles. The van der Waals surface area contributed by atoms with Crippen molar-refractivity contribution >= 4 is 11.1 Å². The van der Waals surface area contributed by atoms with Crippen LogP contribution in [-0.4, -0.2) is 16.3 Å². The zero-order valence-electron chi connectivity index (χ0n) is 11.2. The first-order valence-electron chi connectivity index (χ1n) is 6.80. The Balaban J connectivity index is 2.17. The van der Waals surface area contributed by atoms with Crippen LogP contribution in [0, 0.1) is 6.92 Å². The molecule has 0 saturated heterocycles. The molecule has 4 nitrogen and oxygen atoms in total. The highest BCUT2D eigenvalue weighted by atomic mass is 16.3. The predicted octanol–water partition coefficient (Wildman–Crippen LogP) is 2.64. The van der Waals surface area contributed by atoms with Crippen LogP contribution in [0.25, 0.3) is 11.1 Å². The second-order valence-corrected chi connectivity index (χ2v) is 5.59. The van der Waals surface area contributed by atoms with Gasteiger partial charge in [0.1, 0.15) is 17.0 Å². The van der Waals surface area contributed by atoms with Crippen LogP contribution in [0.15, 0.2) is 10.5 Å². The fourth-order valence-electron chi connectivity index (χ4n) is 3.27. The molecule has 0 spiro atoms. The monoisotopic (exact) mass is 247 g/mol. The first-order valence-corrected chi connectivity index (χ1v) is 6.80. The lowest BCUT2D eigenvalue weighted by Gasteiger charge is -2.34. The molecule has 2 heterocycles. The van der Waals surface area contributed by atoms with Crippen molar-refractivity contribution in [1.29, 1.82) is 0 Å². The summed E-state index contributed by atoms with van der Waals surface area (Å²) in [6.07, 6.45) is 6.07. The quantitative estimate of drug-likeness (QED) is 0.887. The van der Waals surface area contributed by atoms with E-state index in [9.17, 15) is 0 Å². The van der Waals surface area contributed by atoms with E-state index in [1.165, 1.54) is 19.3 Å². The van der Waals surface area contributed by atoms with E-state index in [-0.39, 0.29) is 5.41 Å². The van der Waals surface area contributed by atoms with Gasteiger partial charge in [0.25, 0.3) is 0 Å². The smallest absolute Gasteiger partial charge is 0.176 e. The molecule has 0 aromatic carbocycles. The summed E-state index contributed by atoms with van der Waals surface area (Å²) < 4.78 is 7.78. The van der Waals surface area contributed by atoms with Crippen molar-refractivity contribution in [1.82, 2.24) is 9.78 Å². The van der Waals surface area contributed by atoms with E-state index in [1.807, 2.05) is 18.7 Å². The lowest BCUT2D eigenvalue weighted by molar-refractivity contribution is 0.291. The zero-order chi connectivity index (χ0) is 12.8. The van der Waals surface area contributed by atoms with Gasteiger partial charge < -0.3 is 10.2 Å². The van der Waals surface area contributed by atoms with Gasteiger partial charge in [0.05, 0.1) is 0 Å². The van der Waals surface area contributed by atoms with Gasteiger partial charge in [-0.1, -0.05) is 19.3 Å². The van der Waals surface area contributed by atoms with E-state index in [1.54, 1.807) is 0 Å². The second-order valence-electron chi connectivity index (χ2n) is 5.59. The summed E-state index contributed by atoms with van der Waals surface area (Å²) in [6.45, 7) is 2.65. The largest absolute Gasteiger partial charge is 0.458 e. The minimum Gasteiger partial charge on any atom is -0.458 e. The van der Waals surface area contributed by atoms with E-state index >= 15 is 0 Å².